The van der Waals surface area contributed by atoms with Gasteiger partial charge in [-0.05, 0) is 54.6 Å². The molecule has 0 fully saturated rings. The number of aromatic nitrogens is 3. The first-order valence-electron chi connectivity index (χ1n) is 13.5. The summed E-state index contributed by atoms with van der Waals surface area (Å²) in [5.41, 5.74) is 3.73. The van der Waals surface area contributed by atoms with Crippen molar-refractivity contribution in [2.75, 3.05) is 31.8 Å². The zero-order valence-corrected chi connectivity index (χ0v) is 25.3. The van der Waals surface area contributed by atoms with E-state index in [1.165, 1.54) is 57.7 Å². The standard InChI is InChI=1S/C32H25FN6O5S/c1-35-32(40)29-21-13-20(26(39(2)45(4,41)42)15-28(21)44-31(29)17-5-7-18(33)8-6-17)22-9-10-27(43-3)30(38-22)24-14-19-23(37-24)11-12-36-25(19)16-34/h5-15,37H,1-4H3,(H,35,40). The molecule has 2 aromatic carbocycles. The lowest BCUT2D eigenvalue weighted by atomic mass is 10.0. The Morgan fingerprint density at radius 1 is 1.11 bits per heavy atom. The van der Waals surface area contributed by atoms with Gasteiger partial charge in [0.2, 0.25) is 10.0 Å². The van der Waals surface area contributed by atoms with Crippen LogP contribution in [0.25, 0.3) is 55.8 Å². The van der Waals surface area contributed by atoms with Crippen LogP contribution < -0.4 is 14.4 Å². The van der Waals surface area contributed by atoms with Gasteiger partial charge in [-0.2, -0.15) is 5.26 Å². The van der Waals surface area contributed by atoms with Crippen LogP contribution in [0.2, 0.25) is 0 Å². The molecular weight excluding hydrogens is 599 g/mol. The number of halogens is 1. The van der Waals surface area contributed by atoms with E-state index in [-0.39, 0.29) is 28.3 Å². The number of anilines is 1. The molecule has 0 aliphatic carbocycles. The molecule has 0 radical (unpaired) electrons. The first-order chi connectivity index (χ1) is 21.5. The summed E-state index contributed by atoms with van der Waals surface area (Å²) >= 11 is 0. The van der Waals surface area contributed by atoms with Crippen LogP contribution in [0.5, 0.6) is 5.75 Å². The van der Waals surface area contributed by atoms with E-state index < -0.39 is 21.7 Å². The second-order valence-electron chi connectivity index (χ2n) is 10.2. The smallest absolute Gasteiger partial charge is 0.255 e. The summed E-state index contributed by atoms with van der Waals surface area (Å²) in [5, 5.41) is 13.2. The van der Waals surface area contributed by atoms with Crippen molar-refractivity contribution in [3.8, 4) is 45.8 Å². The van der Waals surface area contributed by atoms with Gasteiger partial charge in [-0.3, -0.25) is 9.10 Å². The third kappa shape index (κ3) is 5.11. The zero-order chi connectivity index (χ0) is 32.0. The number of nitrogens with zero attached hydrogens (tertiary/aromatic N) is 4. The molecule has 2 N–H and O–H groups in total. The van der Waals surface area contributed by atoms with Crippen LogP contribution in [0.3, 0.4) is 0 Å². The topological polar surface area (TPSA) is 154 Å². The van der Waals surface area contributed by atoms with Gasteiger partial charge in [0, 0.05) is 48.3 Å². The number of ether oxygens (including phenoxy) is 1. The van der Waals surface area contributed by atoms with Gasteiger partial charge in [0.05, 0.1) is 41.5 Å². The Kier molecular flexibility index (Phi) is 7.22. The highest BCUT2D eigenvalue weighted by Gasteiger charge is 2.27. The lowest BCUT2D eigenvalue weighted by Gasteiger charge is -2.21. The fourth-order valence-corrected chi connectivity index (χ4v) is 5.66. The molecule has 0 saturated carbocycles. The largest absolute Gasteiger partial charge is 0.494 e. The first kappa shape index (κ1) is 29.3. The van der Waals surface area contributed by atoms with Gasteiger partial charge in [0.25, 0.3) is 5.91 Å². The van der Waals surface area contributed by atoms with Crippen molar-refractivity contribution in [1.82, 2.24) is 20.3 Å². The summed E-state index contributed by atoms with van der Waals surface area (Å²) in [6, 6.07) is 17.6. The maximum atomic E-state index is 13.7. The highest BCUT2D eigenvalue weighted by Crippen LogP contribution is 2.42. The van der Waals surface area contributed by atoms with Gasteiger partial charge in [0.1, 0.15) is 40.4 Å². The SMILES string of the molecule is CNC(=O)c1c(-c2ccc(F)cc2)oc2cc(N(C)S(C)(=O)=O)c(-c3ccc(OC)c(-c4cc5c(C#N)nccc5[nH]4)n3)cc12. The summed E-state index contributed by atoms with van der Waals surface area (Å²) in [6.45, 7) is 0. The number of methoxy groups -OCH3 is 1. The van der Waals surface area contributed by atoms with Crippen LogP contribution in [0.15, 0.2) is 71.3 Å². The van der Waals surface area contributed by atoms with Crippen molar-refractivity contribution in [1.29, 1.82) is 5.26 Å². The number of amides is 1. The Labute approximate surface area is 257 Å². The van der Waals surface area contributed by atoms with Crippen LogP contribution in [0.1, 0.15) is 16.1 Å². The maximum Gasteiger partial charge on any atom is 0.255 e. The molecule has 11 nitrogen and oxygen atoms in total. The monoisotopic (exact) mass is 624 g/mol. The van der Waals surface area contributed by atoms with E-state index in [0.717, 1.165) is 10.6 Å². The van der Waals surface area contributed by atoms with E-state index in [2.05, 4.69) is 21.4 Å². The normalized spacial score (nSPS) is 11.5. The maximum absolute atomic E-state index is 13.7. The molecule has 1 amide bonds. The highest BCUT2D eigenvalue weighted by molar-refractivity contribution is 7.92. The molecule has 0 saturated heterocycles. The van der Waals surface area contributed by atoms with E-state index in [4.69, 9.17) is 14.1 Å². The van der Waals surface area contributed by atoms with Gasteiger partial charge in [-0.25, -0.2) is 22.8 Å². The lowest BCUT2D eigenvalue weighted by molar-refractivity contribution is 0.0964. The third-order valence-electron chi connectivity index (χ3n) is 7.47. The Balaban J connectivity index is 1.64. The molecule has 6 rings (SSSR count). The fourth-order valence-electron chi connectivity index (χ4n) is 5.16. The molecule has 0 atom stereocenters. The van der Waals surface area contributed by atoms with Crippen molar-refractivity contribution in [3.05, 3.63) is 83.9 Å². The number of rotatable bonds is 7. The molecule has 0 aliphatic heterocycles. The Hall–Kier alpha value is -5.74. The van der Waals surface area contributed by atoms with Gasteiger partial charge < -0.3 is 19.5 Å². The number of sulfonamides is 1. The van der Waals surface area contributed by atoms with E-state index in [9.17, 15) is 22.9 Å². The fraction of sp³-hybridized carbons (Fsp3) is 0.125. The summed E-state index contributed by atoms with van der Waals surface area (Å²) in [5.74, 6) is -0.291. The number of nitriles is 1. The summed E-state index contributed by atoms with van der Waals surface area (Å²) in [7, 11) is 0.620. The van der Waals surface area contributed by atoms with Crippen LogP contribution >= 0.6 is 0 Å². The number of carbonyl (C=O) groups is 1. The predicted molar refractivity (Wildman–Crippen MR) is 168 cm³/mol. The predicted octanol–water partition coefficient (Wildman–Crippen LogP) is 5.48. The van der Waals surface area contributed by atoms with Crippen molar-refractivity contribution in [3.63, 3.8) is 0 Å². The highest BCUT2D eigenvalue weighted by atomic mass is 32.2. The zero-order valence-electron chi connectivity index (χ0n) is 24.5. The number of fused-ring (bicyclic) bond motifs is 2. The van der Waals surface area contributed by atoms with Gasteiger partial charge in [-0.15, -0.1) is 0 Å². The van der Waals surface area contributed by atoms with Gasteiger partial charge >= 0.3 is 0 Å². The second kappa shape index (κ2) is 11.1. The van der Waals surface area contributed by atoms with Gasteiger partial charge in [-0.1, -0.05) is 0 Å². The number of benzene rings is 2. The quantitative estimate of drug-likeness (QED) is 0.237. The Morgan fingerprint density at radius 2 is 1.87 bits per heavy atom. The minimum atomic E-state index is -3.76. The molecule has 226 valence electrons. The molecule has 13 heteroatoms. The molecule has 0 spiro atoms. The van der Waals surface area contributed by atoms with Crippen molar-refractivity contribution >= 4 is 43.5 Å². The molecule has 0 unspecified atom stereocenters. The molecule has 0 aliphatic rings. The summed E-state index contributed by atoms with van der Waals surface area (Å²) in [6.07, 6.45) is 2.60. The number of H-pyrrole nitrogens is 1. The molecule has 4 aromatic heterocycles. The second-order valence-corrected chi connectivity index (χ2v) is 12.2. The lowest BCUT2D eigenvalue weighted by Crippen LogP contribution is -2.25. The molecular formula is C32H25FN6O5S. The Morgan fingerprint density at radius 3 is 2.53 bits per heavy atom. The number of nitrogens with one attached hydrogen (secondary N) is 2. The first-order valence-corrected chi connectivity index (χ1v) is 15.3. The number of carbonyl (C=O) groups excluding carboxylic acids is 1. The van der Waals surface area contributed by atoms with Crippen molar-refractivity contribution in [2.45, 2.75) is 0 Å². The van der Waals surface area contributed by atoms with Crippen LogP contribution in [-0.4, -0.2) is 56.7 Å². The van der Waals surface area contributed by atoms with Crippen LogP contribution in [0.4, 0.5) is 10.1 Å². The third-order valence-corrected chi connectivity index (χ3v) is 8.66. The van der Waals surface area contributed by atoms with E-state index >= 15 is 0 Å². The average Bonchev–Trinajstić information content (AvgIpc) is 3.64. The van der Waals surface area contributed by atoms with E-state index in [1.54, 1.807) is 30.3 Å². The minimum Gasteiger partial charge on any atom is -0.494 e. The molecule has 45 heavy (non-hydrogen) atoms. The summed E-state index contributed by atoms with van der Waals surface area (Å²) < 4.78 is 52.2. The number of hydrogen-bond acceptors (Lipinski definition) is 8. The number of hydrogen-bond donors (Lipinski definition) is 2. The van der Waals surface area contributed by atoms with Crippen molar-refractivity contribution < 1.29 is 26.8 Å². The number of pyridine rings is 2. The molecule has 6 aromatic rings. The van der Waals surface area contributed by atoms with Crippen molar-refractivity contribution in [2.24, 2.45) is 0 Å². The van der Waals surface area contributed by atoms with Crippen LogP contribution in [0, 0.1) is 17.1 Å². The van der Waals surface area contributed by atoms with E-state index in [0.29, 0.717) is 50.2 Å². The Bertz CT molecular complexity index is 2290. The van der Waals surface area contributed by atoms with Gasteiger partial charge in [0.15, 0.2) is 0 Å². The average molecular weight is 625 g/mol. The molecule has 4 heterocycles. The van der Waals surface area contributed by atoms with Crippen LogP contribution in [-0.2, 0) is 10.0 Å². The minimum absolute atomic E-state index is 0.190. The summed E-state index contributed by atoms with van der Waals surface area (Å²) in [4.78, 5) is 25.5. The number of aromatic amines is 1. The van der Waals surface area contributed by atoms with E-state index in [1.807, 2.05) is 0 Å². The number of furan rings is 1. The molecule has 0 bridgehead atoms.